The number of hydrogen-bond donors (Lipinski definition) is 1. The molecule has 0 aliphatic heterocycles. The lowest BCUT2D eigenvalue weighted by molar-refractivity contribution is 0.0228. The van der Waals surface area contributed by atoms with E-state index in [4.69, 9.17) is 9.72 Å². The molecule has 0 fully saturated rings. The van der Waals surface area contributed by atoms with E-state index in [1.54, 1.807) is 0 Å². The van der Waals surface area contributed by atoms with E-state index in [0.29, 0.717) is 18.6 Å². The van der Waals surface area contributed by atoms with E-state index in [1.165, 1.54) is 11.3 Å². The van der Waals surface area contributed by atoms with Crippen LogP contribution in [0.1, 0.15) is 70.3 Å². The van der Waals surface area contributed by atoms with Crippen LogP contribution in [0.4, 0.5) is 0 Å². The zero-order valence-electron chi connectivity index (χ0n) is 14.2. The Hall–Kier alpha value is -1.00. The number of nitrogens with zero attached hydrogens (tertiary/aromatic N) is 2. The molecule has 1 heterocycles. The van der Waals surface area contributed by atoms with Gasteiger partial charge in [-0.2, -0.15) is 0 Å². The van der Waals surface area contributed by atoms with Crippen LogP contribution in [0, 0.1) is 11.3 Å². The lowest BCUT2D eigenvalue weighted by Gasteiger charge is -2.36. The largest absolute Gasteiger partial charge is 0.370 e. The third-order valence-electron chi connectivity index (χ3n) is 4.25. The maximum absolute atomic E-state index is 5.84. The Labute approximate surface area is 128 Å². The zero-order valence-corrected chi connectivity index (χ0v) is 14.2. The number of rotatable bonds is 5. The van der Waals surface area contributed by atoms with Gasteiger partial charge in [-0.3, -0.25) is 0 Å². The van der Waals surface area contributed by atoms with Gasteiger partial charge >= 0.3 is 0 Å². The van der Waals surface area contributed by atoms with Crippen LogP contribution >= 0.6 is 0 Å². The second-order valence-corrected chi connectivity index (χ2v) is 7.14. The average Bonchev–Trinajstić information content (AvgIpc) is 2.41. The second-order valence-electron chi connectivity index (χ2n) is 7.14. The lowest BCUT2D eigenvalue weighted by atomic mass is 9.74. The summed E-state index contributed by atoms with van der Waals surface area (Å²) in [5, 5.41) is 3.40. The number of hydrogen-bond acceptors (Lipinski definition) is 4. The van der Waals surface area contributed by atoms with E-state index in [0.717, 1.165) is 18.7 Å². The van der Waals surface area contributed by atoms with Crippen molar-refractivity contribution in [1.29, 1.82) is 0 Å². The van der Waals surface area contributed by atoms with Gasteiger partial charge in [0.05, 0.1) is 0 Å². The molecule has 2 unspecified atom stereocenters. The number of nitrogens with one attached hydrogen (secondary N) is 1. The Balaban J connectivity index is 2.37. The summed E-state index contributed by atoms with van der Waals surface area (Å²) in [5.74, 6) is 1.21. The van der Waals surface area contributed by atoms with Crippen LogP contribution in [0.5, 0.6) is 0 Å². The Morgan fingerprint density at radius 3 is 2.71 bits per heavy atom. The third-order valence-corrected chi connectivity index (χ3v) is 4.25. The molecule has 0 saturated carbocycles. The Bertz CT molecular complexity index is 485. The van der Waals surface area contributed by atoms with Crippen LogP contribution < -0.4 is 5.32 Å². The minimum Gasteiger partial charge on any atom is -0.370 e. The first-order valence-electron chi connectivity index (χ1n) is 8.02. The van der Waals surface area contributed by atoms with Crippen molar-refractivity contribution in [1.82, 2.24) is 15.3 Å². The summed E-state index contributed by atoms with van der Waals surface area (Å²) < 4.78 is 5.84. The van der Waals surface area contributed by atoms with Crippen LogP contribution in [-0.2, 0) is 11.2 Å². The van der Waals surface area contributed by atoms with Gasteiger partial charge in [0.2, 0.25) is 0 Å². The van der Waals surface area contributed by atoms with E-state index in [-0.39, 0.29) is 11.5 Å². The molecule has 0 saturated heterocycles. The smallest absolute Gasteiger partial charge is 0.157 e. The molecule has 0 aromatic carbocycles. The molecule has 1 aliphatic carbocycles. The summed E-state index contributed by atoms with van der Waals surface area (Å²) in [7, 11) is 2.01. The van der Waals surface area contributed by atoms with E-state index in [1.807, 2.05) is 20.2 Å². The molecule has 2 atom stereocenters. The normalized spacial score (nSPS) is 22.1. The summed E-state index contributed by atoms with van der Waals surface area (Å²) in [6.45, 7) is 11.6. The van der Waals surface area contributed by atoms with E-state index >= 15 is 0 Å². The predicted octanol–water partition coefficient (Wildman–Crippen LogP) is 3.44. The van der Waals surface area contributed by atoms with Gasteiger partial charge < -0.3 is 10.1 Å². The van der Waals surface area contributed by atoms with Gasteiger partial charge in [-0.15, -0.1) is 0 Å². The van der Waals surface area contributed by atoms with Crippen molar-refractivity contribution in [3.63, 3.8) is 0 Å². The Morgan fingerprint density at radius 2 is 2.14 bits per heavy atom. The summed E-state index contributed by atoms with van der Waals surface area (Å²) in [6.07, 6.45) is 4.12. The molecular formula is C17H29N3O. The number of aromatic nitrogens is 2. The van der Waals surface area contributed by atoms with Gasteiger partial charge in [0, 0.05) is 30.1 Å². The van der Waals surface area contributed by atoms with Crippen molar-refractivity contribution in [3.8, 4) is 0 Å². The molecule has 0 radical (unpaired) electrons. The third kappa shape index (κ3) is 3.61. The Morgan fingerprint density at radius 1 is 1.43 bits per heavy atom. The van der Waals surface area contributed by atoms with Crippen LogP contribution in [0.15, 0.2) is 6.20 Å². The van der Waals surface area contributed by atoms with E-state index < -0.39 is 0 Å². The second kappa shape index (κ2) is 6.41. The number of ether oxygens (including phenoxy) is 1. The molecule has 118 valence electrons. The summed E-state index contributed by atoms with van der Waals surface area (Å²) in [6, 6.07) is 0.349. The first kappa shape index (κ1) is 16.4. The highest BCUT2D eigenvalue weighted by atomic mass is 16.5. The molecule has 1 aromatic heterocycles. The van der Waals surface area contributed by atoms with Crippen LogP contribution in [-0.4, -0.2) is 23.6 Å². The van der Waals surface area contributed by atoms with Crippen molar-refractivity contribution in [2.75, 3.05) is 13.7 Å². The minimum absolute atomic E-state index is 0.0154. The molecule has 0 bridgehead atoms. The molecule has 1 aliphatic rings. The topological polar surface area (TPSA) is 47.0 Å². The van der Waals surface area contributed by atoms with Gasteiger partial charge in [0.15, 0.2) is 5.82 Å². The molecule has 2 rings (SSSR count). The zero-order chi connectivity index (χ0) is 15.6. The van der Waals surface area contributed by atoms with Gasteiger partial charge in [0.1, 0.15) is 6.10 Å². The fraction of sp³-hybridized carbons (Fsp3) is 0.765. The van der Waals surface area contributed by atoms with Crippen molar-refractivity contribution in [2.45, 2.75) is 59.6 Å². The molecule has 0 amide bonds. The minimum atomic E-state index is -0.0154. The predicted molar refractivity (Wildman–Crippen MR) is 85.1 cm³/mol. The van der Waals surface area contributed by atoms with E-state index in [2.05, 4.69) is 38.0 Å². The average molecular weight is 291 g/mol. The Kier molecular flexibility index (Phi) is 4.99. The standard InChI is InChI=1S/C17H29N3O/c1-7-21-15(11(2)3)16-19-10-12-13(18-6)8-17(4,5)9-14(12)20-16/h10-11,13,15,18H,7-9H2,1-6H3. The summed E-state index contributed by atoms with van der Waals surface area (Å²) >= 11 is 0. The summed E-state index contributed by atoms with van der Waals surface area (Å²) in [4.78, 5) is 9.47. The fourth-order valence-corrected chi connectivity index (χ4v) is 3.20. The summed E-state index contributed by atoms with van der Waals surface area (Å²) in [5.41, 5.74) is 2.70. The van der Waals surface area contributed by atoms with Gasteiger partial charge in [0.25, 0.3) is 0 Å². The van der Waals surface area contributed by atoms with Crippen LogP contribution in [0.3, 0.4) is 0 Å². The van der Waals surface area contributed by atoms with Crippen molar-refractivity contribution in [3.05, 3.63) is 23.3 Å². The van der Waals surface area contributed by atoms with Gasteiger partial charge in [-0.05, 0) is 38.1 Å². The first-order chi connectivity index (χ1) is 9.88. The highest BCUT2D eigenvalue weighted by molar-refractivity contribution is 5.27. The first-order valence-corrected chi connectivity index (χ1v) is 8.02. The van der Waals surface area contributed by atoms with Crippen LogP contribution in [0.2, 0.25) is 0 Å². The molecule has 21 heavy (non-hydrogen) atoms. The maximum atomic E-state index is 5.84. The highest BCUT2D eigenvalue weighted by Gasteiger charge is 2.33. The maximum Gasteiger partial charge on any atom is 0.157 e. The van der Waals surface area contributed by atoms with Crippen LogP contribution in [0.25, 0.3) is 0 Å². The van der Waals surface area contributed by atoms with Crippen molar-refractivity contribution >= 4 is 0 Å². The SMILES string of the molecule is CCOC(c1ncc2c(n1)CC(C)(C)CC2NC)C(C)C. The van der Waals surface area contributed by atoms with Crippen molar-refractivity contribution in [2.24, 2.45) is 11.3 Å². The quantitative estimate of drug-likeness (QED) is 0.902. The van der Waals surface area contributed by atoms with E-state index in [9.17, 15) is 0 Å². The van der Waals surface area contributed by atoms with Gasteiger partial charge in [-0.1, -0.05) is 27.7 Å². The molecular weight excluding hydrogens is 262 g/mol. The number of fused-ring (bicyclic) bond motifs is 1. The molecule has 4 nitrogen and oxygen atoms in total. The van der Waals surface area contributed by atoms with Gasteiger partial charge in [-0.25, -0.2) is 9.97 Å². The molecule has 1 N–H and O–H groups in total. The van der Waals surface area contributed by atoms with Crippen molar-refractivity contribution < 1.29 is 4.74 Å². The fourth-order valence-electron chi connectivity index (χ4n) is 3.20. The highest BCUT2D eigenvalue weighted by Crippen LogP contribution is 2.40. The molecule has 1 aromatic rings. The molecule has 0 spiro atoms. The molecule has 4 heteroatoms. The monoisotopic (exact) mass is 291 g/mol. The lowest BCUT2D eigenvalue weighted by Crippen LogP contribution is -2.33.